The predicted octanol–water partition coefficient (Wildman–Crippen LogP) is 5.39. The normalized spacial score (nSPS) is 10.8. The van der Waals surface area contributed by atoms with Crippen LogP contribution < -0.4 is 4.74 Å². The van der Waals surface area contributed by atoms with Crippen LogP contribution in [0.1, 0.15) is 11.1 Å². The number of methoxy groups -OCH3 is 1. The molecule has 0 aromatic heterocycles. The van der Waals surface area contributed by atoms with Gasteiger partial charge < -0.3 is 4.74 Å². The second-order valence-corrected chi connectivity index (χ2v) is 5.64. The van der Waals surface area contributed by atoms with E-state index in [0.29, 0.717) is 0 Å². The van der Waals surface area contributed by atoms with Gasteiger partial charge in [-0.15, -0.1) is 0 Å². The minimum Gasteiger partial charge on any atom is -0.497 e. The fraction of sp³-hybridized carbons (Fsp3) is 0.0667. The molecule has 2 aromatic rings. The van der Waals surface area contributed by atoms with Crippen LogP contribution in [-0.4, -0.2) is 7.11 Å². The van der Waals surface area contributed by atoms with Gasteiger partial charge in [0.2, 0.25) is 0 Å². The zero-order chi connectivity index (χ0) is 13.0. The molecular formula is C15H12Br2O. The van der Waals surface area contributed by atoms with Crippen LogP contribution in [0.2, 0.25) is 0 Å². The van der Waals surface area contributed by atoms with E-state index in [0.717, 1.165) is 25.8 Å². The third kappa shape index (κ3) is 3.72. The minimum absolute atomic E-state index is 0.873. The summed E-state index contributed by atoms with van der Waals surface area (Å²) in [5.74, 6) is 0.873. The van der Waals surface area contributed by atoms with Crippen molar-refractivity contribution in [3.63, 3.8) is 0 Å². The molecule has 0 aliphatic heterocycles. The summed E-state index contributed by atoms with van der Waals surface area (Å²) >= 11 is 6.96. The molecule has 0 bridgehead atoms. The van der Waals surface area contributed by atoms with Crippen LogP contribution in [0, 0.1) is 0 Å². The van der Waals surface area contributed by atoms with E-state index < -0.39 is 0 Å². The molecule has 92 valence electrons. The van der Waals surface area contributed by atoms with E-state index in [2.05, 4.69) is 56.1 Å². The number of ether oxygens (including phenoxy) is 1. The summed E-state index contributed by atoms with van der Waals surface area (Å²) in [6.07, 6.45) is 4.16. The topological polar surface area (TPSA) is 9.23 Å². The summed E-state index contributed by atoms with van der Waals surface area (Å²) in [5, 5.41) is 0. The largest absolute Gasteiger partial charge is 0.497 e. The van der Waals surface area contributed by atoms with Gasteiger partial charge in [-0.25, -0.2) is 0 Å². The summed E-state index contributed by atoms with van der Waals surface area (Å²) in [6.45, 7) is 0. The van der Waals surface area contributed by atoms with E-state index in [1.54, 1.807) is 7.11 Å². The molecule has 1 nitrogen and oxygen atoms in total. The van der Waals surface area contributed by atoms with Gasteiger partial charge >= 0.3 is 0 Å². The quantitative estimate of drug-likeness (QED) is 0.660. The van der Waals surface area contributed by atoms with E-state index in [1.807, 2.05) is 30.3 Å². The molecule has 2 aromatic carbocycles. The van der Waals surface area contributed by atoms with Crippen LogP contribution in [0.25, 0.3) is 12.2 Å². The summed E-state index contributed by atoms with van der Waals surface area (Å²) in [7, 11) is 1.67. The van der Waals surface area contributed by atoms with Crippen LogP contribution in [0.5, 0.6) is 5.75 Å². The molecule has 0 unspecified atom stereocenters. The molecule has 0 heterocycles. The van der Waals surface area contributed by atoms with Crippen molar-refractivity contribution in [1.29, 1.82) is 0 Å². The smallest absolute Gasteiger partial charge is 0.118 e. The van der Waals surface area contributed by atoms with Crippen LogP contribution in [0.4, 0.5) is 0 Å². The molecule has 0 saturated carbocycles. The Morgan fingerprint density at radius 1 is 0.833 bits per heavy atom. The van der Waals surface area contributed by atoms with E-state index in [-0.39, 0.29) is 0 Å². The van der Waals surface area contributed by atoms with Crippen molar-refractivity contribution in [3.8, 4) is 5.75 Å². The SMILES string of the molecule is COc1ccc(/C=C/c2cc(Br)cc(Br)c2)cc1. The van der Waals surface area contributed by atoms with Crippen LogP contribution >= 0.6 is 31.9 Å². The first-order valence-corrected chi connectivity index (χ1v) is 7.04. The van der Waals surface area contributed by atoms with E-state index >= 15 is 0 Å². The van der Waals surface area contributed by atoms with Crippen molar-refractivity contribution in [2.24, 2.45) is 0 Å². The average molecular weight is 368 g/mol. The van der Waals surface area contributed by atoms with Crippen molar-refractivity contribution < 1.29 is 4.74 Å². The summed E-state index contributed by atoms with van der Waals surface area (Å²) in [5.41, 5.74) is 2.29. The summed E-state index contributed by atoms with van der Waals surface area (Å²) in [6, 6.07) is 14.1. The Hall–Kier alpha value is -1.06. The van der Waals surface area contributed by atoms with E-state index in [9.17, 15) is 0 Å². The fourth-order valence-electron chi connectivity index (χ4n) is 1.58. The molecule has 0 radical (unpaired) electrons. The van der Waals surface area contributed by atoms with Crippen molar-refractivity contribution in [2.45, 2.75) is 0 Å². The van der Waals surface area contributed by atoms with E-state index in [4.69, 9.17) is 4.74 Å². The lowest BCUT2D eigenvalue weighted by Crippen LogP contribution is -1.81. The third-order valence-corrected chi connectivity index (χ3v) is 3.38. The predicted molar refractivity (Wildman–Crippen MR) is 83.8 cm³/mol. The van der Waals surface area contributed by atoms with Gasteiger partial charge in [-0.1, -0.05) is 56.1 Å². The third-order valence-electron chi connectivity index (χ3n) is 2.47. The van der Waals surface area contributed by atoms with Crippen LogP contribution in [0.3, 0.4) is 0 Å². The number of hydrogen-bond acceptors (Lipinski definition) is 1. The number of rotatable bonds is 3. The molecule has 2 rings (SSSR count). The van der Waals surface area contributed by atoms with Gasteiger partial charge in [0.05, 0.1) is 7.11 Å². The Balaban J connectivity index is 2.18. The molecule has 0 aliphatic rings. The molecule has 0 fully saturated rings. The molecule has 0 saturated heterocycles. The standard InChI is InChI=1S/C15H12Br2O/c1-18-15-6-4-11(5-7-15)2-3-12-8-13(16)10-14(17)9-12/h2-10H,1H3/b3-2+. The molecular weight excluding hydrogens is 356 g/mol. The molecule has 0 aliphatic carbocycles. The monoisotopic (exact) mass is 366 g/mol. The Morgan fingerprint density at radius 2 is 1.39 bits per heavy atom. The molecule has 3 heteroatoms. The fourth-order valence-corrected chi connectivity index (χ4v) is 2.91. The Bertz CT molecular complexity index is 539. The Labute approximate surface area is 124 Å². The lowest BCUT2D eigenvalue weighted by atomic mass is 10.1. The Morgan fingerprint density at radius 3 is 1.94 bits per heavy atom. The highest BCUT2D eigenvalue weighted by Gasteiger charge is 1.95. The highest BCUT2D eigenvalue weighted by atomic mass is 79.9. The Kier molecular flexibility index (Phi) is 4.61. The maximum Gasteiger partial charge on any atom is 0.118 e. The van der Waals surface area contributed by atoms with E-state index in [1.165, 1.54) is 0 Å². The molecule has 0 atom stereocenters. The first kappa shape index (κ1) is 13.4. The second kappa shape index (κ2) is 6.21. The zero-order valence-corrected chi connectivity index (χ0v) is 13.0. The van der Waals surface area contributed by atoms with Gasteiger partial charge in [0.25, 0.3) is 0 Å². The van der Waals surface area contributed by atoms with Crippen molar-refractivity contribution >= 4 is 44.0 Å². The number of hydrogen-bond donors (Lipinski definition) is 0. The highest BCUT2D eigenvalue weighted by Crippen LogP contribution is 2.22. The maximum atomic E-state index is 5.13. The summed E-state index contributed by atoms with van der Waals surface area (Å²) in [4.78, 5) is 0. The molecule has 0 N–H and O–H groups in total. The van der Waals surface area contributed by atoms with Gasteiger partial charge in [0.1, 0.15) is 5.75 Å². The number of halogens is 2. The van der Waals surface area contributed by atoms with Gasteiger partial charge in [-0.3, -0.25) is 0 Å². The van der Waals surface area contributed by atoms with Gasteiger partial charge in [-0.05, 0) is 41.5 Å². The molecule has 18 heavy (non-hydrogen) atoms. The first-order chi connectivity index (χ1) is 8.67. The van der Waals surface area contributed by atoms with Gasteiger partial charge in [0.15, 0.2) is 0 Å². The molecule has 0 spiro atoms. The average Bonchev–Trinajstić information content (AvgIpc) is 2.36. The van der Waals surface area contributed by atoms with Gasteiger partial charge in [-0.2, -0.15) is 0 Å². The zero-order valence-electron chi connectivity index (χ0n) is 9.86. The summed E-state index contributed by atoms with van der Waals surface area (Å²) < 4.78 is 7.25. The van der Waals surface area contributed by atoms with Gasteiger partial charge in [0, 0.05) is 8.95 Å². The minimum atomic E-state index is 0.873. The molecule has 0 amide bonds. The van der Waals surface area contributed by atoms with Crippen molar-refractivity contribution in [1.82, 2.24) is 0 Å². The van der Waals surface area contributed by atoms with Crippen LogP contribution in [-0.2, 0) is 0 Å². The lowest BCUT2D eigenvalue weighted by Gasteiger charge is -2.00. The van der Waals surface area contributed by atoms with Crippen molar-refractivity contribution in [3.05, 3.63) is 62.5 Å². The van der Waals surface area contributed by atoms with Crippen LogP contribution in [0.15, 0.2) is 51.4 Å². The lowest BCUT2D eigenvalue weighted by molar-refractivity contribution is 0.415. The van der Waals surface area contributed by atoms with Crippen molar-refractivity contribution in [2.75, 3.05) is 7.11 Å². The first-order valence-electron chi connectivity index (χ1n) is 5.45. The number of benzene rings is 2. The second-order valence-electron chi connectivity index (χ2n) is 3.81. The maximum absolute atomic E-state index is 5.13. The highest BCUT2D eigenvalue weighted by molar-refractivity contribution is 9.11.